The molecule has 0 unspecified atom stereocenters. The number of pyridine rings is 1. The molecule has 0 atom stereocenters. The monoisotopic (exact) mass is 536 g/mol. The Morgan fingerprint density at radius 3 is 2.60 bits per heavy atom. The van der Waals surface area contributed by atoms with Crippen molar-refractivity contribution in [1.29, 1.82) is 0 Å². The third-order valence-corrected chi connectivity index (χ3v) is 7.59. The van der Waals surface area contributed by atoms with Gasteiger partial charge in [-0.1, -0.05) is 22.0 Å². The van der Waals surface area contributed by atoms with Gasteiger partial charge in [0.25, 0.3) is 0 Å². The summed E-state index contributed by atoms with van der Waals surface area (Å²) in [6.07, 6.45) is 7.89. The van der Waals surface area contributed by atoms with Crippen LogP contribution in [0, 0.1) is 12.7 Å². The fourth-order valence-electron chi connectivity index (χ4n) is 5.17. The van der Waals surface area contributed by atoms with Crippen molar-refractivity contribution in [3.05, 3.63) is 70.0 Å². The topological polar surface area (TPSA) is 48.5 Å². The average Bonchev–Trinajstić information content (AvgIpc) is 3.39. The molecule has 7 heteroatoms. The first-order valence-corrected chi connectivity index (χ1v) is 13.1. The van der Waals surface area contributed by atoms with E-state index >= 15 is 0 Å². The van der Waals surface area contributed by atoms with Crippen molar-refractivity contribution in [2.45, 2.75) is 38.6 Å². The van der Waals surface area contributed by atoms with Gasteiger partial charge in [0.2, 0.25) is 5.91 Å². The van der Waals surface area contributed by atoms with Crippen molar-refractivity contribution in [1.82, 2.24) is 9.88 Å². The molecule has 0 saturated carbocycles. The summed E-state index contributed by atoms with van der Waals surface area (Å²) in [5.41, 5.74) is 3.11. The second-order valence-electron chi connectivity index (χ2n) is 9.48. The summed E-state index contributed by atoms with van der Waals surface area (Å²) < 4.78 is 14.6. The molecule has 3 heterocycles. The molecule has 0 bridgehead atoms. The number of fused-ring (bicyclic) bond motifs is 1. The van der Waals surface area contributed by atoms with Gasteiger partial charge in [0.1, 0.15) is 11.6 Å². The van der Waals surface area contributed by atoms with Crippen molar-refractivity contribution in [2.75, 3.05) is 36.4 Å². The van der Waals surface area contributed by atoms with Crippen molar-refractivity contribution < 1.29 is 9.18 Å². The van der Waals surface area contributed by atoms with Crippen LogP contribution in [0.25, 0.3) is 17.0 Å². The maximum Gasteiger partial charge on any atom is 0.248 e. The van der Waals surface area contributed by atoms with Gasteiger partial charge in [-0.2, -0.15) is 0 Å². The quantitative estimate of drug-likeness (QED) is 0.396. The molecule has 5 nitrogen and oxygen atoms in total. The van der Waals surface area contributed by atoms with Gasteiger partial charge in [-0.15, -0.1) is 0 Å². The lowest BCUT2D eigenvalue weighted by atomic mass is 10.0. The van der Waals surface area contributed by atoms with E-state index in [-0.39, 0.29) is 11.7 Å². The van der Waals surface area contributed by atoms with Crippen LogP contribution in [-0.4, -0.2) is 48.0 Å². The summed E-state index contributed by atoms with van der Waals surface area (Å²) in [4.78, 5) is 22.4. The number of amides is 1. The summed E-state index contributed by atoms with van der Waals surface area (Å²) >= 11 is 3.24. The van der Waals surface area contributed by atoms with E-state index in [1.807, 2.05) is 18.2 Å². The largest absolute Gasteiger partial charge is 0.356 e. The number of piperidine rings is 1. The second-order valence-corrected chi connectivity index (χ2v) is 10.4. The molecule has 35 heavy (non-hydrogen) atoms. The van der Waals surface area contributed by atoms with Crippen LogP contribution in [-0.2, 0) is 4.79 Å². The molecule has 3 aromatic rings. The number of hydrogen-bond acceptors (Lipinski definition) is 4. The fourth-order valence-corrected chi connectivity index (χ4v) is 5.50. The van der Waals surface area contributed by atoms with Gasteiger partial charge < -0.3 is 15.1 Å². The van der Waals surface area contributed by atoms with E-state index < -0.39 is 0 Å². The Labute approximate surface area is 214 Å². The lowest BCUT2D eigenvalue weighted by Crippen LogP contribution is -2.44. The Morgan fingerprint density at radius 2 is 1.86 bits per heavy atom. The number of halogens is 2. The van der Waals surface area contributed by atoms with Gasteiger partial charge in [-0.25, -0.2) is 9.37 Å². The standard InChI is InChI=1S/C28H30BrFN4O/c1-19-16-27(34-14-10-23(11-15-34)33-12-2-3-13-33)32-26-8-7-22(18-24(19)26)31-28(35)9-5-20-4-6-21(29)17-25(20)30/h4-9,16-18,23H,2-3,10-15H2,1H3,(H,31,35)/b9-5+. The molecule has 2 aliphatic rings. The molecule has 1 aromatic heterocycles. The summed E-state index contributed by atoms with van der Waals surface area (Å²) in [6, 6.07) is 13.4. The highest BCUT2D eigenvalue weighted by Crippen LogP contribution is 2.28. The molecule has 1 amide bonds. The number of likely N-dealkylation sites (tertiary alicyclic amines) is 1. The summed E-state index contributed by atoms with van der Waals surface area (Å²) in [5.74, 6) is 0.341. The fraction of sp³-hybridized carbons (Fsp3) is 0.357. The van der Waals surface area contributed by atoms with E-state index in [1.165, 1.54) is 57.0 Å². The van der Waals surface area contributed by atoms with E-state index in [1.54, 1.807) is 12.1 Å². The smallest absolute Gasteiger partial charge is 0.248 e. The summed E-state index contributed by atoms with van der Waals surface area (Å²) in [6.45, 7) is 6.69. The third-order valence-electron chi connectivity index (χ3n) is 7.09. The number of rotatable bonds is 5. The maximum absolute atomic E-state index is 14.0. The molecule has 0 aliphatic carbocycles. The molecule has 2 aromatic carbocycles. The molecule has 182 valence electrons. The van der Waals surface area contributed by atoms with Crippen molar-refractivity contribution in [2.24, 2.45) is 0 Å². The number of nitrogens with one attached hydrogen (secondary N) is 1. The SMILES string of the molecule is Cc1cc(N2CCC(N3CCCC3)CC2)nc2ccc(NC(=O)/C=C/c3ccc(Br)cc3F)cc12. The van der Waals surface area contributed by atoms with Crippen molar-refractivity contribution in [3.63, 3.8) is 0 Å². The minimum absolute atomic E-state index is 0.310. The lowest BCUT2D eigenvalue weighted by Gasteiger charge is -2.37. The lowest BCUT2D eigenvalue weighted by molar-refractivity contribution is -0.111. The summed E-state index contributed by atoms with van der Waals surface area (Å²) in [5, 5.41) is 3.89. The van der Waals surface area contributed by atoms with Crippen LogP contribution in [0.1, 0.15) is 36.8 Å². The summed E-state index contributed by atoms with van der Waals surface area (Å²) in [7, 11) is 0. The normalized spacial score (nSPS) is 17.5. The highest BCUT2D eigenvalue weighted by molar-refractivity contribution is 9.10. The van der Waals surface area contributed by atoms with Gasteiger partial charge in [0.15, 0.2) is 0 Å². The number of carbonyl (C=O) groups excluding carboxylic acids is 1. The number of anilines is 2. The van der Waals surface area contributed by atoms with Gasteiger partial charge in [0, 0.05) is 46.3 Å². The molecule has 0 radical (unpaired) electrons. The van der Waals surface area contributed by atoms with Crippen molar-refractivity contribution >= 4 is 50.3 Å². The Morgan fingerprint density at radius 1 is 1.09 bits per heavy atom. The number of benzene rings is 2. The molecule has 2 saturated heterocycles. The molecule has 5 rings (SSSR count). The highest BCUT2D eigenvalue weighted by atomic mass is 79.9. The molecule has 2 fully saturated rings. The first-order chi connectivity index (χ1) is 17.0. The van der Waals surface area contributed by atoms with E-state index in [2.05, 4.69) is 44.0 Å². The Bertz CT molecular complexity index is 1260. The zero-order valence-electron chi connectivity index (χ0n) is 19.9. The first-order valence-electron chi connectivity index (χ1n) is 12.3. The highest BCUT2D eigenvalue weighted by Gasteiger charge is 2.27. The zero-order valence-corrected chi connectivity index (χ0v) is 21.5. The number of aryl methyl sites for hydroxylation is 1. The van der Waals surface area contributed by atoms with Crippen molar-refractivity contribution in [3.8, 4) is 0 Å². The van der Waals surface area contributed by atoms with Crippen LogP contribution in [0.5, 0.6) is 0 Å². The van der Waals surface area contributed by atoms with Gasteiger partial charge in [-0.3, -0.25) is 4.79 Å². The van der Waals surface area contributed by atoms with Crippen LogP contribution in [0.3, 0.4) is 0 Å². The number of carbonyl (C=O) groups is 1. The zero-order chi connectivity index (χ0) is 24.4. The molecule has 1 N–H and O–H groups in total. The van der Waals surface area contributed by atoms with Gasteiger partial charge in [0.05, 0.1) is 5.52 Å². The van der Waals surface area contributed by atoms with E-state index in [9.17, 15) is 9.18 Å². The van der Waals surface area contributed by atoms with Crippen LogP contribution in [0.15, 0.2) is 53.0 Å². The number of nitrogens with zero attached hydrogens (tertiary/aromatic N) is 3. The van der Waals surface area contributed by atoms with E-state index in [0.717, 1.165) is 41.4 Å². The van der Waals surface area contributed by atoms with Crippen LogP contribution < -0.4 is 10.2 Å². The minimum atomic E-state index is -0.382. The maximum atomic E-state index is 14.0. The Kier molecular flexibility index (Phi) is 7.16. The third kappa shape index (κ3) is 5.57. The van der Waals surface area contributed by atoms with E-state index in [0.29, 0.717) is 15.7 Å². The molecule has 0 spiro atoms. The predicted octanol–water partition coefficient (Wildman–Crippen LogP) is 6.16. The first kappa shape index (κ1) is 23.9. The molecular formula is C28H30BrFN4O. The number of aromatic nitrogens is 1. The van der Waals surface area contributed by atoms with Crippen LogP contribution in [0.2, 0.25) is 0 Å². The van der Waals surface area contributed by atoms with Crippen LogP contribution in [0.4, 0.5) is 15.9 Å². The average molecular weight is 537 g/mol. The number of hydrogen-bond donors (Lipinski definition) is 1. The second kappa shape index (κ2) is 10.5. The van der Waals surface area contributed by atoms with Gasteiger partial charge in [-0.05, 0) is 93.7 Å². The Hall–Kier alpha value is -2.77. The molecular weight excluding hydrogens is 507 g/mol. The minimum Gasteiger partial charge on any atom is -0.356 e. The Balaban J connectivity index is 1.25. The van der Waals surface area contributed by atoms with Gasteiger partial charge >= 0.3 is 0 Å². The van der Waals surface area contributed by atoms with E-state index in [4.69, 9.17) is 4.98 Å². The molecule has 2 aliphatic heterocycles. The predicted molar refractivity (Wildman–Crippen MR) is 144 cm³/mol. The van der Waals surface area contributed by atoms with Crippen LogP contribution >= 0.6 is 15.9 Å².